The van der Waals surface area contributed by atoms with Gasteiger partial charge in [0.25, 0.3) is 0 Å². The van der Waals surface area contributed by atoms with Crippen molar-refractivity contribution < 1.29 is 14.3 Å². The average molecular weight is 265 g/mol. The van der Waals surface area contributed by atoms with Crippen molar-refractivity contribution in [3.05, 3.63) is 24.3 Å². The first-order chi connectivity index (χ1) is 9.22. The van der Waals surface area contributed by atoms with Gasteiger partial charge in [-0.05, 0) is 32.4 Å². The van der Waals surface area contributed by atoms with Crippen molar-refractivity contribution in [3.8, 4) is 11.5 Å². The predicted molar refractivity (Wildman–Crippen MR) is 75.7 cm³/mol. The van der Waals surface area contributed by atoms with Crippen LogP contribution in [0.5, 0.6) is 11.5 Å². The van der Waals surface area contributed by atoms with Crippen molar-refractivity contribution in [1.82, 2.24) is 4.90 Å². The van der Waals surface area contributed by atoms with E-state index in [9.17, 15) is 4.79 Å². The zero-order valence-corrected chi connectivity index (χ0v) is 12.0. The highest BCUT2D eigenvalue weighted by Gasteiger charge is 2.09. The summed E-state index contributed by atoms with van der Waals surface area (Å²) in [7, 11) is 1.62. The molecule has 0 fully saturated rings. The van der Waals surface area contributed by atoms with E-state index in [0.29, 0.717) is 19.4 Å². The van der Waals surface area contributed by atoms with Crippen LogP contribution in [0.25, 0.3) is 0 Å². The van der Waals surface area contributed by atoms with Crippen LogP contribution in [0.2, 0.25) is 0 Å². The second-order valence-corrected chi connectivity index (χ2v) is 4.17. The predicted octanol–water partition coefficient (Wildman–Crippen LogP) is 2.72. The van der Waals surface area contributed by atoms with E-state index in [2.05, 4.69) is 0 Å². The highest BCUT2D eigenvalue weighted by molar-refractivity contribution is 5.76. The van der Waals surface area contributed by atoms with E-state index in [4.69, 9.17) is 9.47 Å². The monoisotopic (exact) mass is 265 g/mol. The van der Waals surface area contributed by atoms with E-state index >= 15 is 0 Å². The molecule has 1 rings (SSSR count). The standard InChI is InChI=1S/C15H23NO3/c1-4-16(5-2)15(17)11-8-12-19-14-10-7-6-9-13(14)18-3/h6-7,9-10H,4-5,8,11-12H2,1-3H3. The Hall–Kier alpha value is -1.71. The van der Waals surface area contributed by atoms with Crippen LogP contribution in [0.1, 0.15) is 26.7 Å². The summed E-state index contributed by atoms with van der Waals surface area (Å²) in [5.74, 6) is 1.63. The van der Waals surface area contributed by atoms with Crippen molar-refractivity contribution in [2.75, 3.05) is 26.8 Å². The molecule has 4 nitrogen and oxygen atoms in total. The molecule has 0 unspecified atom stereocenters. The van der Waals surface area contributed by atoms with Crippen LogP contribution >= 0.6 is 0 Å². The van der Waals surface area contributed by atoms with Gasteiger partial charge in [0.05, 0.1) is 13.7 Å². The van der Waals surface area contributed by atoms with Crippen molar-refractivity contribution in [2.45, 2.75) is 26.7 Å². The molecule has 0 bridgehead atoms. The number of ether oxygens (including phenoxy) is 2. The summed E-state index contributed by atoms with van der Waals surface area (Å²) in [5, 5.41) is 0. The second kappa shape index (κ2) is 8.40. The summed E-state index contributed by atoms with van der Waals surface area (Å²) in [4.78, 5) is 13.6. The van der Waals surface area contributed by atoms with Gasteiger partial charge in [-0.25, -0.2) is 0 Å². The van der Waals surface area contributed by atoms with E-state index in [1.54, 1.807) is 7.11 Å². The van der Waals surface area contributed by atoms with Gasteiger partial charge in [0.1, 0.15) is 0 Å². The van der Waals surface area contributed by atoms with Crippen LogP contribution in [-0.4, -0.2) is 37.6 Å². The Morgan fingerprint density at radius 3 is 2.37 bits per heavy atom. The highest BCUT2D eigenvalue weighted by Crippen LogP contribution is 2.25. The number of para-hydroxylation sites is 2. The molecule has 1 aromatic rings. The Balaban J connectivity index is 2.33. The summed E-state index contributed by atoms with van der Waals surface area (Å²) in [5.41, 5.74) is 0. The van der Waals surface area contributed by atoms with Gasteiger partial charge in [-0.1, -0.05) is 12.1 Å². The lowest BCUT2D eigenvalue weighted by Gasteiger charge is -2.18. The third-order valence-electron chi connectivity index (χ3n) is 2.98. The van der Waals surface area contributed by atoms with E-state index < -0.39 is 0 Å². The zero-order valence-electron chi connectivity index (χ0n) is 12.0. The number of benzene rings is 1. The average Bonchev–Trinajstić information content (AvgIpc) is 2.45. The fourth-order valence-corrected chi connectivity index (χ4v) is 1.88. The number of rotatable bonds is 8. The molecule has 0 atom stereocenters. The third-order valence-corrected chi connectivity index (χ3v) is 2.98. The van der Waals surface area contributed by atoms with Crippen LogP contribution in [0.3, 0.4) is 0 Å². The third kappa shape index (κ3) is 4.81. The molecule has 0 heterocycles. The number of hydrogen-bond acceptors (Lipinski definition) is 3. The van der Waals surface area contributed by atoms with E-state index in [1.807, 2.05) is 43.0 Å². The van der Waals surface area contributed by atoms with Crippen LogP contribution in [0, 0.1) is 0 Å². The maximum Gasteiger partial charge on any atom is 0.222 e. The maximum absolute atomic E-state index is 11.8. The number of nitrogens with zero attached hydrogens (tertiary/aromatic N) is 1. The van der Waals surface area contributed by atoms with Crippen LogP contribution in [-0.2, 0) is 4.79 Å². The zero-order chi connectivity index (χ0) is 14.1. The summed E-state index contributed by atoms with van der Waals surface area (Å²) in [6, 6.07) is 7.52. The Morgan fingerprint density at radius 2 is 1.79 bits per heavy atom. The molecule has 0 spiro atoms. The molecule has 0 aliphatic heterocycles. The number of carbonyl (C=O) groups is 1. The van der Waals surface area contributed by atoms with Crippen molar-refractivity contribution in [3.63, 3.8) is 0 Å². The normalized spacial score (nSPS) is 10.1. The van der Waals surface area contributed by atoms with E-state index in [-0.39, 0.29) is 5.91 Å². The van der Waals surface area contributed by atoms with Crippen molar-refractivity contribution in [1.29, 1.82) is 0 Å². The molecule has 1 amide bonds. The fourth-order valence-electron chi connectivity index (χ4n) is 1.88. The Kier molecular flexibility index (Phi) is 6.79. The maximum atomic E-state index is 11.8. The fraction of sp³-hybridized carbons (Fsp3) is 0.533. The minimum atomic E-state index is 0.189. The van der Waals surface area contributed by atoms with Gasteiger partial charge >= 0.3 is 0 Å². The number of carbonyl (C=O) groups excluding carboxylic acids is 1. The Labute approximate surface area is 115 Å². The lowest BCUT2D eigenvalue weighted by molar-refractivity contribution is -0.131. The van der Waals surface area contributed by atoms with Gasteiger partial charge in [0, 0.05) is 19.5 Å². The minimum absolute atomic E-state index is 0.189. The molecule has 0 aromatic heterocycles. The van der Waals surface area contributed by atoms with Gasteiger partial charge < -0.3 is 14.4 Å². The Bertz CT molecular complexity index is 389. The van der Waals surface area contributed by atoms with Crippen molar-refractivity contribution in [2.24, 2.45) is 0 Å². The molecule has 0 aliphatic carbocycles. The SMILES string of the molecule is CCN(CC)C(=O)CCCOc1ccccc1OC. The molecule has 0 saturated heterocycles. The quantitative estimate of drug-likeness (QED) is 0.678. The molecule has 1 aromatic carbocycles. The smallest absolute Gasteiger partial charge is 0.222 e. The molecular formula is C15H23NO3. The first-order valence-corrected chi connectivity index (χ1v) is 6.76. The van der Waals surface area contributed by atoms with Gasteiger partial charge in [-0.3, -0.25) is 4.79 Å². The molecule has 4 heteroatoms. The first kappa shape index (κ1) is 15.3. The summed E-state index contributed by atoms with van der Waals surface area (Å²) in [6.45, 7) is 6.04. The minimum Gasteiger partial charge on any atom is -0.493 e. The molecule has 106 valence electrons. The summed E-state index contributed by atoms with van der Waals surface area (Å²) in [6.07, 6.45) is 1.24. The second-order valence-electron chi connectivity index (χ2n) is 4.17. The van der Waals surface area contributed by atoms with E-state index in [1.165, 1.54) is 0 Å². The molecule has 0 radical (unpaired) electrons. The summed E-state index contributed by atoms with van der Waals surface area (Å²) < 4.78 is 10.8. The summed E-state index contributed by atoms with van der Waals surface area (Å²) >= 11 is 0. The molecule has 0 saturated carbocycles. The first-order valence-electron chi connectivity index (χ1n) is 6.76. The lowest BCUT2D eigenvalue weighted by Crippen LogP contribution is -2.30. The van der Waals surface area contributed by atoms with Gasteiger partial charge in [-0.2, -0.15) is 0 Å². The van der Waals surface area contributed by atoms with Gasteiger partial charge in [0.15, 0.2) is 11.5 Å². The van der Waals surface area contributed by atoms with Crippen molar-refractivity contribution >= 4 is 5.91 Å². The Morgan fingerprint density at radius 1 is 1.16 bits per heavy atom. The van der Waals surface area contributed by atoms with Gasteiger partial charge in [-0.15, -0.1) is 0 Å². The molecule has 19 heavy (non-hydrogen) atoms. The topological polar surface area (TPSA) is 38.8 Å². The van der Waals surface area contributed by atoms with E-state index in [0.717, 1.165) is 24.6 Å². The molecule has 0 aliphatic rings. The number of hydrogen-bond donors (Lipinski definition) is 0. The molecular weight excluding hydrogens is 242 g/mol. The lowest BCUT2D eigenvalue weighted by atomic mass is 10.2. The number of amides is 1. The largest absolute Gasteiger partial charge is 0.493 e. The highest BCUT2D eigenvalue weighted by atomic mass is 16.5. The van der Waals surface area contributed by atoms with Crippen LogP contribution < -0.4 is 9.47 Å². The van der Waals surface area contributed by atoms with Crippen LogP contribution in [0.15, 0.2) is 24.3 Å². The number of methoxy groups -OCH3 is 1. The van der Waals surface area contributed by atoms with Gasteiger partial charge in [0.2, 0.25) is 5.91 Å². The van der Waals surface area contributed by atoms with Crippen LogP contribution in [0.4, 0.5) is 0 Å². The molecule has 0 N–H and O–H groups in total.